The summed E-state index contributed by atoms with van der Waals surface area (Å²) in [7, 11) is 1.66. The Bertz CT molecular complexity index is 388. The highest BCUT2D eigenvalue weighted by molar-refractivity contribution is 5.59. The van der Waals surface area contributed by atoms with Gasteiger partial charge < -0.3 is 15.8 Å². The smallest absolute Gasteiger partial charge is 0.122 e. The maximum absolute atomic E-state index is 5.79. The van der Waals surface area contributed by atoms with E-state index in [4.69, 9.17) is 10.5 Å². The summed E-state index contributed by atoms with van der Waals surface area (Å²) in [5.41, 5.74) is 8.08. The van der Waals surface area contributed by atoms with Gasteiger partial charge in [-0.3, -0.25) is 0 Å². The van der Waals surface area contributed by atoms with Crippen LogP contribution in [-0.2, 0) is 0 Å². The van der Waals surface area contributed by atoms with Gasteiger partial charge in [0, 0.05) is 30.1 Å². The van der Waals surface area contributed by atoms with Crippen molar-refractivity contribution >= 4 is 11.4 Å². The van der Waals surface area contributed by atoms with Crippen LogP contribution >= 0.6 is 0 Å². The summed E-state index contributed by atoms with van der Waals surface area (Å²) < 4.78 is 5.18. The summed E-state index contributed by atoms with van der Waals surface area (Å²) in [5.74, 6) is 1.58. The molecule has 1 aromatic rings. The van der Waals surface area contributed by atoms with Crippen LogP contribution in [0.5, 0.6) is 5.75 Å². The van der Waals surface area contributed by atoms with Gasteiger partial charge in [-0.2, -0.15) is 0 Å². The van der Waals surface area contributed by atoms with Gasteiger partial charge in [-0.15, -0.1) is 0 Å². The maximum Gasteiger partial charge on any atom is 0.122 e. The van der Waals surface area contributed by atoms with E-state index >= 15 is 0 Å². The first kappa shape index (κ1) is 11.1. The molecule has 2 rings (SSSR count). The molecule has 0 aromatic heterocycles. The van der Waals surface area contributed by atoms with Gasteiger partial charge in [0.25, 0.3) is 0 Å². The van der Waals surface area contributed by atoms with Gasteiger partial charge in [0.05, 0.1) is 7.11 Å². The van der Waals surface area contributed by atoms with Crippen molar-refractivity contribution in [1.82, 2.24) is 0 Å². The number of benzene rings is 1. The van der Waals surface area contributed by atoms with Crippen molar-refractivity contribution in [2.24, 2.45) is 11.3 Å². The van der Waals surface area contributed by atoms with Crippen LogP contribution in [0.1, 0.15) is 20.3 Å². The van der Waals surface area contributed by atoms with Gasteiger partial charge in [0.1, 0.15) is 5.75 Å². The molecule has 0 bridgehead atoms. The Hall–Kier alpha value is -1.38. The van der Waals surface area contributed by atoms with Crippen molar-refractivity contribution in [1.29, 1.82) is 0 Å². The molecule has 16 heavy (non-hydrogen) atoms. The molecule has 0 spiro atoms. The minimum Gasteiger partial charge on any atom is -0.497 e. The van der Waals surface area contributed by atoms with Crippen molar-refractivity contribution in [2.75, 3.05) is 24.7 Å². The highest BCUT2D eigenvalue weighted by Gasteiger charge is 2.44. The third-order valence-electron chi connectivity index (χ3n) is 3.43. The minimum absolute atomic E-state index is 0.511. The Morgan fingerprint density at radius 3 is 2.69 bits per heavy atom. The first-order chi connectivity index (χ1) is 7.51. The van der Waals surface area contributed by atoms with E-state index in [1.54, 1.807) is 7.11 Å². The van der Waals surface area contributed by atoms with E-state index in [0.717, 1.165) is 29.6 Å². The largest absolute Gasteiger partial charge is 0.497 e. The van der Waals surface area contributed by atoms with E-state index in [2.05, 4.69) is 19.2 Å². The van der Waals surface area contributed by atoms with Crippen LogP contribution < -0.4 is 15.8 Å². The summed E-state index contributed by atoms with van der Waals surface area (Å²) in [4.78, 5) is 0. The van der Waals surface area contributed by atoms with Gasteiger partial charge in [0.2, 0.25) is 0 Å². The molecule has 3 heteroatoms. The predicted molar refractivity (Wildman–Crippen MR) is 67.8 cm³/mol. The van der Waals surface area contributed by atoms with Crippen molar-refractivity contribution in [2.45, 2.75) is 20.3 Å². The highest BCUT2D eigenvalue weighted by atomic mass is 16.5. The molecular formula is C13H20N2O. The average molecular weight is 220 g/mol. The number of anilines is 2. The van der Waals surface area contributed by atoms with Gasteiger partial charge in [-0.25, -0.2) is 0 Å². The zero-order valence-electron chi connectivity index (χ0n) is 10.2. The molecule has 0 aliphatic heterocycles. The summed E-state index contributed by atoms with van der Waals surface area (Å²) in [6, 6.07) is 5.75. The number of nitrogens with two attached hydrogens (primary N) is 1. The van der Waals surface area contributed by atoms with Gasteiger partial charge in [0.15, 0.2) is 0 Å². The molecule has 3 N–H and O–H groups in total. The fourth-order valence-electron chi connectivity index (χ4n) is 2.01. The zero-order chi connectivity index (χ0) is 11.8. The molecule has 1 fully saturated rings. The first-order valence-electron chi connectivity index (χ1n) is 5.70. The Labute approximate surface area is 97.0 Å². The lowest BCUT2D eigenvalue weighted by Gasteiger charge is -2.10. The summed E-state index contributed by atoms with van der Waals surface area (Å²) in [6.45, 7) is 5.62. The molecule has 0 radical (unpaired) electrons. The quantitative estimate of drug-likeness (QED) is 0.767. The second-order valence-corrected chi connectivity index (χ2v) is 5.27. The first-order valence-corrected chi connectivity index (χ1v) is 5.70. The molecule has 0 saturated heterocycles. The Morgan fingerprint density at radius 2 is 2.12 bits per heavy atom. The van der Waals surface area contributed by atoms with Crippen LogP contribution in [0.4, 0.5) is 11.4 Å². The van der Waals surface area contributed by atoms with Crippen molar-refractivity contribution in [3.8, 4) is 5.75 Å². The van der Waals surface area contributed by atoms with E-state index in [9.17, 15) is 0 Å². The average Bonchev–Trinajstić information content (AvgIpc) is 2.83. The van der Waals surface area contributed by atoms with Gasteiger partial charge >= 0.3 is 0 Å². The molecule has 88 valence electrons. The fraction of sp³-hybridized carbons (Fsp3) is 0.538. The van der Waals surface area contributed by atoms with E-state index in [1.807, 2.05) is 18.2 Å². The third-order valence-corrected chi connectivity index (χ3v) is 3.43. The van der Waals surface area contributed by atoms with Crippen molar-refractivity contribution < 1.29 is 4.74 Å². The lowest BCUT2D eigenvalue weighted by atomic mass is 10.1. The maximum atomic E-state index is 5.79. The number of rotatable bonds is 4. The summed E-state index contributed by atoms with van der Waals surface area (Å²) >= 11 is 0. The second-order valence-electron chi connectivity index (χ2n) is 5.27. The van der Waals surface area contributed by atoms with Gasteiger partial charge in [-0.05, 0) is 23.8 Å². The Balaban J connectivity index is 1.96. The second kappa shape index (κ2) is 3.89. The number of hydrogen-bond donors (Lipinski definition) is 2. The van der Waals surface area contributed by atoms with Crippen LogP contribution in [0, 0.1) is 11.3 Å². The standard InChI is InChI=1S/C13H20N2O/c1-13(2)7-9(13)8-15-11-4-10(14)5-12(6-11)16-3/h4-6,9,15H,7-8,14H2,1-3H3. The van der Waals surface area contributed by atoms with Crippen LogP contribution in [0.15, 0.2) is 18.2 Å². The fourth-order valence-corrected chi connectivity index (χ4v) is 2.01. The predicted octanol–water partition coefficient (Wildman–Crippen LogP) is 2.74. The lowest BCUT2D eigenvalue weighted by Crippen LogP contribution is -2.07. The number of nitrogens with one attached hydrogen (secondary N) is 1. The van der Waals surface area contributed by atoms with Crippen molar-refractivity contribution in [3.05, 3.63) is 18.2 Å². The minimum atomic E-state index is 0.511. The lowest BCUT2D eigenvalue weighted by molar-refractivity contribution is 0.415. The third kappa shape index (κ3) is 2.40. The molecule has 1 aromatic carbocycles. The Morgan fingerprint density at radius 1 is 1.44 bits per heavy atom. The van der Waals surface area contributed by atoms with Crippen LogP contribution in [-0.4, -0.2) is 13.7 Å². The van der Waals surface area contributed by atoms with Gasteiger partial charge in [-0.1, -0.05) is 13.8 Å². The normalized spacial score (nSPS) is 21.6. The number of hydrogen-bond acceptors (Lipinski definition) is 3. The van der Waals surface area contributed by atoms with E-state index in [0.29, 0.717) is 5.41 Å². The molecular weight excluding hydrogens is 200 g/mol. The highest BCUT2D eigenvalue weighted by Crippen LogP contribution is 2.51. The molecule has 3 nitrogen and oxygen atoms in total. The molecule has 1 aliphatic rings. The Kier molecular flexibility index (Phi) is 2.70. The molecule has 1 aliphatic carbocycles. The summed E-state index contributed by atoms with van der Waals surface area (Å²) in [6.07, 6.45) is 1.31. The molecule has 1 unspecified atom stereocenters. The zero-order valence-corrected chi connectivity index (χ0v) is 10.2. The molecule has 1 saturated carbocycles. The number of methoxy groups -OCH3 is 1. The van der Waals surface area contributed by atoms with Crippen LogP contribution in [0.25, 0.3) is 0 Å². The number of nitrogen functional groups attached to an aromatic ring is 1. The van der Waals surface area contributed by atoms with E-state index in [-0.39, 0.29) is 0 Å². The topological polar surface area (TPSA) is 47.3 Å². The van der Waals surface area contributed by atoms with Crippen molar-refractivity contribution in [3.63, 3.8) is 0 Å². The molecule has 1 atom stereocenters. The molecule has 0 amide bonds. The van der Waals surface area contributed by atoms with Crippen LogP contribution in [0.3, 0.4) is 0 Å². The molecule has 0 heterocycles. The van der Waals surface area contributed by atoms with E-state index < -0.39 is 0 Å². The van der Waals surface area contributed by atoms with E-state index in [1.165, 1.54) is 6.42 Å². The summed E-state index contributed by atoms with van der Waals surface area (Å²) in [5, 5.41) is 3.42. The number of ether oxygens (including phenoxy) is 1. The SMILES string of the molecule is COc1cc(N)cc(NCC2CC2(C)C)c1. The monoisotopic (exact) mass is 220 g/mol. The van der Waals surface area contributed by atoms with Crippen LogP contribution in [0.2, 0.25) is 0 Å².